The number of carboxylic acids is 3. The van der Waals surface area contributed by atoms with E-state index < -0.39 is 36.4 Å². The molecule has 2 saturated heterocycles. The van der Waals surface area contributed by atoms with Gasteiger partial charge in [-0.05, 0) is 38.9 Å². The Morgan fingerprint density at radius 2 is 1.23 bits per heavy atom. The number of amides is 1. The Balaban J connectivity index is 0.000000690. The van der Waals surface area contributed by atoms with Crippen molar-refractivity contribution < 1.29 is 74.0 Å². The second-order valence-electron chi connectivity index (χ2n) is 8.84. The Morgan fingerprint density at radius 1 is 0.814 bits per heavy atom. The first kappa shape index (κ1) is 39.3. The van der Waals surface area contributed by atoms with Gasteiger partial charge in [0, 0.05) is 45.5 Å². The molecule has 1 amide bonds. The summed E-state index contributed by atoms with van der Waals surface area (Å²) in [6, 6.07) is 6.05. The van der Waals surface area contributed by atoms with E-state index in [2.05, 4.69) is 34.8 Å². The number of nitrogens with zero attached hydrogens (tertiary/aromatic N) is 4. The molecule has 0 bridgehead atoms. The number of carbonyl (C=O) groups excluding carboxylic acids is 1. The average Bonchev–Trinajstić information content (AvgIpc) is 2.89. The van der Waals surface area contributed by atoms with Crippen LogP contribution in [-0.4, -0.2) is 123 Å². The van der Waals surface area contributed by atoms with Crippen LogP contribution in [0.15, 0.2) is 24.4 Å². The first-order valence-electron chi connectivity index (χ1n) is 12.0. The number of likely N-dealkylation sites (tertiary alicyclic amines) is 1. The molecule has 2 fully saturated rings. The number of rotatable bonds is 3. The molecule has 246 valence electrons. The van der Waals surface area contributed by atoms with Crippen molar-refractivity contribution in [3.63, 3.8) is 0 Å². The Labute approximate surface area is 238 Å². The van der Waals surface area contributed by atoms with Crippen molar-refractivity contribution in [1.29, 1.82) is 0 Å². The Hall–Kier alpha value is -3.68. The largest absolute Gasteiger partial charge is 0.490 e. The van der Waals surface area contributed by atoms with E-state index in [9.17, 15) is 44.3 Å². The van der Waals surface area contributed by atoms with Crippen LogP contribution in [-0.2, 0) is 25.7 Å². The monoisotopic (exact) mass is 644 g/mol. The minimum absolute atomic E-state index is 0.269. The fraction of sp³-hybridized carbons (Fsp3) is 0.609. The van der Waals surface area contributed by atoms with Gasteiger partial charge in [0.2, 0.25) is 5.91 Å². The molecule has 2 aliphatic heterocycles. The number of carboxylic acid groups (broad SMARTS) is 3. The molecule has 0 unspecified atom stereocenters. The molecule has 11 nitrogen and oxygen atoms in total. The SMILES string of the molecule is CCN1CCN(C)C2(CCN(Cc3ccccn3)CC2)C1=O.O=C(O)C(F)(F)F.O=C(O)C(F)(F)F.O=C(O)C(F)(F)F. The molecule has 0 radical (unpaired) electrons. The Bertz CT molecular complexity index is 1000. The zero-order valence-electron chi connectivity index (χ0n) is 22.6. The molecule has 2 aliphatic rings. The van der Waals surface area contributed by atoms with Gasteiger partial charge in [0.1, 0.15) is 5.54 Å². The number of aliphatic carboxylic acids is 3. The van der Waals surface area contributed by atoms with Gasteiger partial charge >= 0.3 is 36.4 Å². The maximum atomic E-state index is 12.9. The zero-order chi connectivity index (χ0) is 33.8. The molecule has 3 N–H and O–H groups in total. The second-order valence-corrected chi connectivity index (χ2v) is 8.84. The van der Waals surface area contributed by atoms with Gasteiger partial charge < -0.3 is 20.2 Å². The average molecular weight is 644 g/mol. The molecule has 0 aromatic carbocycles. The first-order valence-corrected chi connectivity index (χ1v) is 12.0. The number of hydrogen-bond donors (Lipinski definition) is 3. The summed E-state index contributed by atoms with van der Waals surface area (Å²) in [6.07, 6.45) is -11.6. The van der Waals surface area contributed by atoms with E-state index in [0.29, 0.717) is 5.91 Å². The fourth-order valence-corrected chi connectivity index (χ4v) is 3.74. The van der Waals surface area contributed by atoms with Gasteiger partial charge in [0.15, 0.2) is 0 Å². The Kier molecular flexibility index (Phi) is 14.9. The number of likely N-dealkylation sites (N-methyl/N-ethyl adjacent to an activating group) is 2. The number of pyridine rings is 1. The van der Waals surface area contributed by atoms with Crippen molar-refractivity contribution in [2.75, 3.05) is 39.8 Å². The number of hydrogen-bond acceptors (Lipinski definition) is 7. The zero-order valence-corrected chi connectivity index (χ0v) is 22.6. The van der Waals surface area contributed by atoms with Crippen LogP contribution in [0.5, 0.6) is 0 Å². The van der Waals surface area contributed by atoms with E-state index in [4.69, 9.17) is 29.7 Å². The highest BCUT2D eigenvalue weighted by Crippen LogP contribution is 2.33. The number of alkyl halides is 9. The normalized spacial score (nSPS) is 17.4. The van der Waals surface area contributed by atoms with Crippen LogP contribution in [0, 0.1) is 0 Å². The van der Waals surface area contributed by atoms with Gasteiger partial charge in [-0.2, -0.15) is 39.5 Å². The summed E-state index contributed by atoms with van der Waals surface area (Å²) in [5.41, 5.74) is 0.839. The minimum Gasteiger partial charge on any atom is -0.475 e. The summed E-state index contributed by atoms with van der Waals surface area (Å²) >= 11 is 0. The molecular weight excluding hydrogens is 615 g/mol. The molecule has 1 aromatic heterocycles. The maximum Gasteiger partial charge on any atom is 0.490 e. The topological polar surface area (TPSA) is 152 Å². The minimum atomic E-state index is -5.08. The molecule has 43 heavy (non-hydrogen) atoms. The lowest BCUT2D eigenvalue weighted by atomic mass is 9.82. The summed E-state index contributed by atoms with van der Waals surface area (Å²) in [5, 5.41) is 21.4. The van der Waals surface area contributed by atoms with Crippen LogP contribution in [0.3, 0.4) is 0 Å². The summed E-state index contributed by atoms with van der Waals surface area (Å²) < 4.78 is 95.2. The van der Waals surface area contributed by atoms with Crippen LogP contribution in [0.25, 0.3) is 0 Å². The molecule has 3 rings (SSSR count). The van der Waals surface area contributed by atoms with Crippen molar-refractivity contribution in [3.05, 3.63) is 30.1 Å². The summed E-state index contributed by atoms with van der Waals surface area (Å²) in [5.74, 6) is -7.94. The Morgan fingerprint density at radius 3 is 1.56 bits per heavy atom. The lowest BCUT2D eigenvalue weighted by Gasteiger charge is -2.51. The van der Waals surface area contributed by atoms with Gasteiger partial charge in [0.25, 0.3) is 0 Å². The van der Waals surface area contributed by atoms with Gasteiger partial charge in [-0.25, -0.2) is 14.4 Å². The van der Waals surface area contributed by atoms with E-state index in [1.54, 1.807) is 0 Å². The van der Waals surface area contributed by atoms with Crippen LogP contribution < -0.4 is 0 Å². The van der Waals surface area contributed by atoms with E-state index in [1.807, 2.05) is 23.2 Å². The van der Waals surface area contributed by atoms with E-state index in [-0.39, 0.29) is 5.54 Å². The maximum absolute atomic E-state index is 12.9. The second kappa shape index (κ2) is 16.2. The van der Waals surface area contributed by atoms with Crippen molar-refractivity contribution in [2.45, 2.75) is 50.4 Å². The lowest BCUT2D eigenvalue weighted by molar-refractivity contribution is -0.193. The summed E-state index contributed by atoms with van der Waals surface area (Å²) in [6.45, 7) is 7.56. The fourth-order valence-electron chi connectivity index (χ4n) is 3.74. The smallest absolute Gasteiger partial charge is 0.475 e. The van der Waals surface area contributed by atoms with Crippen LogP contribution >= 0.6 is 0 Å². The van der Waals surface area contributed by atoms with Crippen molar-refractivity contribution in [3.8, 4) is 0 Å². The third-order valence-corrected chi connectivity index (χ3v) is 6.03. The molecule has 0 aliphatic carbocycles. The third kappa shape index (κ3) is 13.4. The highest BCUT2D eigenvalue weighted by Gasteiger charge is 2.48. The predicted molar refractivity (Wildman–Crippen MR) is 127 cm³/mol. The van der Waals surface area contributed by atoms with Crippen LogP contribution in [0.2, 0.25) is 0 Å². The van der Waals surface area contributed by atoms with Crippen molar-refractivity contribution in [1.82, 2.24) is 19.7 Å². The predicted octanol–water partition coefficient (Wildman–Crippen LogP) is 3.11. The van der Waals surface area contributed by atoms with Gasteiger partial charge in [-0.3, -0.25) is 19.6 Å². The number of carbonyl (C=O) groups is 4. The molecule has 1 aromatic rings. The molecule has 0 atom stereocenters. The highest BCUT2D eigenvalue weighted by molar-refractivity contribution is 5.87. The van der Waals surface area contributed by atoms with Gasteiger partial charge in [0.05, 0.1) is 5.69 Å². The van der Waals surface area contributed by atoms with Crippen LogP contribution in [0.1, 0.15) is 25.5 Å². The van der Waals surface area contributed by atoms with E-state index in [0.717, 1.165) is 57.8 Å². The lowest BCUT2D eigenvalue weighted by Crippen LogP contribution is -2.67. The first-order chi connectivity index (χ1) is 19.5. The molecular formula is C23H29F9N4O7. The van der Waals surface area contributed by atoms with E-state index >= 15 is 0 Å². The highest BCUT2D eigenvalue weighted by atomic mass is 19.4. The summed E-state index contributed by atoms with van der Waals surface area (Å²) in [4.78, 5) is 50.7. The van der Waals surface area contributed by atoms with E-state index in [1.165, 1.54) is 0 Å². The number of aromatic nitrogens is 1. The van der Waals surface area contributed by atoms with Gasteiger partial charge in [-0.1, -0.05) is 6.07 Å². The summed E-state index contributed by atoms with van der Waals surface area (Å²) in [7, 11) is 2.11. The number of halogens is 9. The van der Waals surface area contributed by atoms with Crippen LogP contribution in [0.4, 0.5) is 39.5 Å². The standard InChI is InChI=1S/C17H26N4O.3C2HF3O2/c1-3-21-13-12-19(2)17(16(21)22)7-10-20(11-8-17)14-15-6-4-5-9-18-15;3*3-2(4,5)1(6)7/h4-6,9H,3,7-8,10-14H2,1-2H3;3*(H,6,7). The molecule has 1 spiro atoms. The molecule has 3 heterocycles. The molecule has 20 heteroatoms. The van der Waals surface area contributed by atoms with Crippen molar-refractivity contribution >= 4 is 23.8 Å². The quantitative estimate of drug-likeness (QED) is 0.419. The molecule has 0 saturated carbocycles. The van der Waals surface area contributed by atoms with Crippen molar-refractivity contribution in [2.24, 2.45) is 0 Å². The third-order valence-electron chi connectivity index (χ3n) is 6.03. The number of piperazine rings is 1. The van der Waals surface area contributed by atoms with Gasteiger partial charge in [-0.15, -0.1) is 0 Å². The number of piperidine rings is 1.